The standard InChI is InChI=1S/C22H36N2O5/c1-21(2,3)28-16-18(19(26)29-22(4,5)6)23-20(27)24(14-15-25)13-12-17-10-8-7-9-11-17/h7-11,18,25H,12-16H2,1-6H3,(H,23,27). The molecule has 1 atom stereocenters. The zero-order chi connectivity index (χ0) is 22.1. The molecular weight excluding hydrogens is 372 g/mol. The van der Waals surface area contributed by atoms with E-state index in [0.29, 0.717) is 13.0 Å². The summed E-state index contributed by atoms with van der Waals surface area (Å²) in [4.78, 5) is 26.9. The maximum absolute atomic E-state index is 12.8. The molecule has 0 radical (unpaired) electrons. The Morgan fingerprint density at radius 1 is 1.03 bits per heavy atom. The molecule has 7 heteroatoms. The predicted molar refractivity (Wildman–Crippen MR) is 113 cm³/mol. The van der Waals surface area contributed by atoms with Crippen LogP contribution in [0.1, 0.15) is 47.1 Å². The lowest BCUT2D eigenvalue weighted by atomic mass is 10.1. The molecule has 0 heterocycles. The number of hydrogen-bond acceptors (Lipinski definition) is 5. The number of carbonyl (C=O) groups excluding carboxylic acids is 2. The van der Waals surface area contributed by atoms with Crippen molar-refractivity contribution in [3.63, 3.8) is 0 Å². The van der Waals surface area contributed by atoms with Crippen LogP contribution >= 0.6 is 0 Å². The van der Waals surface area contributed by atoms with E-state index in [1.165, 1.54) is 4.90 Å². The molecule has 2 amide bonds. The molecule has 29 heavy (non-hydrogen) atoms. The van der Waals surface area contributed by atoms with E-state index in [2.05, 4.69) is 5.32 Å². The largest absolute Gasteiger partial charge is 0.458 e. The highest BCUT2D eigenvalue weighted by atomic mass is 16.6. The summed E-state index contributed by atoms with van der Waals surface area (Å²) in [6, 6.07) is 8.39. The van der Waals surface area contributed by atoms with E-state index in [1.54, 1.807) is 20.8 Å². The van der Waals surface area contributed by atoms with Gasteiger partial charge in [-0.05, 0) is 53.5 Å². The van der Waals surface area contributed by atoms with Crippen LogP contribution in [0.25, 0.3) is 0 Å². The first kappa shape index (κ1) is 24.9. The minimum absolute atomic E-state index is 0.00416. The predicted octanol–water partition coefficient (Wildman–Crippen LogP) is 2.76. The van der Waals surface area contributed by atoms with E-state index in [1.807, 2.05) is 51.1 Å². The van der Waals surface area contributed by atoms with Crippen molar-refractivity contribution in [2.75, 3.05) is 26.3 Å². The second kappa shape index (κ2) is 11.2. The lowest BCUT2D eigenvalue weighted by Crippen LogP contribution is -2.53. The van der Waals surface area contributed by atoms with Gasteiger partial charge in [0, 0.05) is 13.1 Å². The van der Waals surface area contributed by atoms with Crippen molar-refractivity contribution in [3.8, 4) is 0 Å². The number of aliphatic hydroxyl groups excluding tert-OH is 1. The molecule has 164 valence electrons. The van der Waals surface area contributed by atoms with Crippen molar-refractivity contribution < 1.29 is 24.2 Å². The number of benzene rings is 1. The third kappa shape index (κ3) is 10.9. The highest BCUT2D eigenvalue weighted by Gasteiger charge is 2.30. The van der Waals surface area contributed by atoms with Crippen molar-refractivity contribution in [1.82, 2.24) is 10.2 Å². The van der Waals surface area contributed by atoms with Crippen LogP contribution in [-0.2, 0) is 20.7 Å². The van der Waals surface area contributed by atoms with Crippen LogP contribution in [0.5, 0.6) is 0 Å². The van der Waals surface area contributed by atoms with Gasteiger partial charge in [0.15, 0.2) is 6.04 Å². The Kier molecular flexibility index (Phi) is 9.59. The highest BCUT2D eigenvalue weighted by molar-refractivity contribution is 5.84. The fraction of sp³-hybridized carbons (Fsp3) is 0.636. The number of amides is 2. The number of nitrogens with one attached hydrogen (secondary N) is 1. The molecule has 1 rings (SSSR count). The normalized spacial score (nSPS) is 12.9. The molecule has 0 aliphatic heterocycles. The molecule has 1 aromatic carbocycles. The Morgan fingerprint density at radius 2 is 1.66 bits per heavy atom. The lowest BCUT2D eigenvalue weighted by Gasteiger charge is -2.29. The summed E-state index contributed by atoms with van der Waals surface area (Å²) >= 11 is 0. The summed E-state index contributed by atoms with van der Waals surface area (Å²) < 4.78 is 11.1. The number of ether oxygens (including phenoxy) is 2. The zero-order valence-corrected chi connectivity index (χ0v) is 18.5. The molecule has 0 spiro atoms. The summed E-state index contributed by atoms with van der Waals surface area (Å²) in [6.07, 6.45) is 0.643. The van der Waals surface area contributed by atoms with E-state index >= 15 is 0 Å². The topological polar surface area (TPSA) is 88.1 Å². The number of nitrogens with zero attached hydrogens (tertiary/aromatic N) is 1. The van der Waals surface area contributed by atoms with Gasteiger partial charge in [-0.3, -0.25) is 0 Å². The molecule has 0 bridgehead atoms. The summed E-state index contributed by atoms with van der Waals surface area (Å²) in [5.41, 5.74) is -0.0637. The Balaban J connectivity index is 2.82. The number of aliphatic hydroxyl groups is 1. The van der Waals surface area contributed by atoms with Crippen LogP contribution < -0.4 is 5.32 Å². The molecule has 0 fully saturated rings. The van der Waals surface area contributed by atoms with Crippen molar-refractivity contribution in [2.24, 2.45) is 0 Å². The SMILES string of the molecule is CC(C)(C)OCC(NC(=O)N(CCO)CCc1ccccc1)C(=O)OC(C)(C)C. The van der Waals surface area contributed by atoms with Crippen LogP contribution in [0.3, 0.4) is 0 Å². The molecular formula is C22H36N2O5. The molecule has 0 saturated carbocycles. The third-order valence-corrected chi connectivity index (χ3v) is 3.84. The third-order valence-electron chi connectivity index (χ3n) is 3.84. The number of rotatable bonds is 9. The monoisotopic (exact) mass is 408 g/mol. The van der Waals surface area contributed by atoms with E-state index in [4.69, 9.17) is 9.47 Å². The smallest absolute Gasteiger partial charge is 0.331 e. The Labute approximate surface area is 174 Å². The van der Waals surface area contributed by atoms with Crippen LogP contribution in [0.4, 0.5) is 4.79 Å². The van der Waals surface area contributed by atoms with E-state index in [0.717, 1.165) is 5.56 Å². The van der Waals surface area contributed by atoms with Crippen molar-refractivity contribution >= 4 is 12.0 Å². The number of urea groups is 1. The molecule has 1 unspecified atom stereocenters. The summed E-state index contributed by atoms with van der Waals surface area (Å²) in [6.45, 7) is 11.3. The van der Waals surface area contributed by atoms with Gasteiger partial charge < -0.3 is 24.8 Å². The molecule has 0 aromatic heterocycles. The Bertz CT molecular complexity index is 635. The van der Waals surface area contributed by atoms with Crippen LogP contribution in [-0.4, -0.2) is 65.6 Å². The summed E-state index contributed by atoms with van der Waals surface area (Å²) in [5.74, 6) is -0.554. The van der Waals surface area contributed by atoms with E-state index < -0.39 is 29.2 Å². The van der Waals surface area contributed by atoms with Gasteiger partial charge in [-0.15, -0.1) is 0 Å². The minimum atomic E-state index is -0.945. The van der Waals surface area contributed by atoms with Gasteiger partial charge in [0.05, 0.1) is 18.8 Å². The van der Waals surface area contributed by atoms with Crippen molar-refractivity contribution in [2.45, 2.75) is 65.2 Å². The highest BCUT2D eigenvalue weighted by Crippen LogP contribution is 2.12. The maximum Gasteiger partial charge on any atom is 0.331 e. The molecule has 7 nitrogen and oxygen atoms in total. The summed E-state index contributed by atoms with van der Waals surface area (Å²) in [5, 5.41) is 12.1. The number of hydrogen-bond donors (Lipinski definition) is 2. The fourth-order valence-corrected chi connectivity index (χ4v) is 2.46. The van der Waals surface area contributed by atoms with Crippen LogP contribution in [0.15, 0.2) is 30.3 Å². The van der Waals surface area contributed by atoms with Gasteiger partial charge in [-0.2, -0.15) is 0 Å². The first-order valence-electron chi connectivity index (χ1n) is 9.98. The van der Waals surface area contributed by atoms with Crippen LogP contribution in [0.2, 0.25) is 0 Å². The lowest BCUT2D eigenvalue weighted by molar-refractivity contribution is -0.160. The molecule has 0 aliphatic rings. The van der Waals surface area contributed by atoms with Gasteiger partial charge in [0.1, 0.15) is 5.60 Å². The number of esters is 1. The molecule has 1 aromatic rings. The first-order valence-corrected chi connectivity index (χ1v) is 9.98. The Morgan fingerprint density at radius 3 is 2.17 bits per heavy atom. The van der Waals surface area contributed by atoms with Gasteiger partial charge in [0.25, 0.3) is 0 Å². The maximum atomic E-state index is 12.8. The fourth-order valence-electron chi connectivity index (χ4n) is 2.46. The molecule has 0 saturated heterocycles. The Hall–Kier alpha value is -2.12. The quantitative estimate of drug-likeness (QED) is 0.614. The minimum Gasteiger partial charge on any atom is -0.458 e. The van der Waals surface area contributed by atoms with E-state index in [-0.39, 0.29) is 19.8 Å². The second-order valence-electron chi connectivity index (χ2n) is 8.91. The number of carbonyl (C=O) groups is 2. The zero-order valence-electron chi connectivity index (χ0n) is 18.5. The second-order valence-corrected chi connectivity index (χ2v) is 8.91. The van der Waals surface area contributed by atoms with Gasteiger partial charge in [-0.25, -0.2) is 9.59 Å². The van der Waals surface area contributed by atoms with Crippen LogP contribution in [0, 0.1) is 0 Å². The van der Waals surface area contributed by atoms with Gasteiger partial charge in [0.2, 0.25) is 0 Å². The molecule has 2 N–H and O–H groups in total. The van der Waals surface area contributed by atoms with E-state index in [9.17, 15) is 14.7 Å². The van der Waals surface area contributed by atoms with Gasteiger partial charge >= 0.3 is 12.0 Å². The first-order chi connectivity index (χ1) is 13.4. The van der Waals surface area contributed by atoms with Crippen molar-refractivity contribution in [3.05, 3.63) is 35.9 Å². The van der Waals surface area contributed by atoms with Crippen molar-refractivity contribution in [1.29, 1.82) is 0 Å². The average molecular weight is 409 g/mol. The van der Waals surface area contributed by atoms with Gasteiger partial charge in [-0.1, -0.05) is 30.3 Å². The molecule has 0 aliphatic carbocycles. The summed E-state index contributed by atoms with van der Waals surface area (Å²) in [7, 11) is 0. The average Bonchev–Trinajstić information content (AvgIpc) is 2.60.